The maximum absolute atomic E-state index is 11.4. The van der Waals surface area contributed by atoms with Gasteiger partial charge < -0.3 is 21.1 Å². The first-order valence-corrected chi connectivity index (χ1v) is 5.05. The third kappa shape index (κ3) is 4.64. The van der Waals surface area contributed by atoms with E-state index in [0.717, 1.165) is 6.42 Å². The predicted octanol–water partition coefficient (Wildman–Crippen LogP) is -0.211. The van der Waals surface area contributed by atoms with Gasteiger partial charge in [-0.05, 0) is 13.3 Å². The van der Waals surface area contributed by atoms with Gasteiger partial charge in [0, 0.05) is 19.1 Å². The van der Waals surface area contributed by atoms with Crippen LogP contribution in [0.2, 0.25) is 0 Å². The number of carbonyl (C=O) groups is 1. The second-order valence-corrected chi connectivity index (χ2v) is 3.81. The summed E-state index contributed by atoms with van der Waals surface area (Å²) < 4.78 is 5.13. The molecular formula is C9H18N4O2. The summed E-state index contributed by atoms with van der Waals surface area (Å²) in [5, 5.41) is 12.6. The monoisotopic (exact) mass is 214 g/mol. The van der Waals surface area contributed by atoms with Crippen LogP contribution in [-0.4, -0.2) is 37.2 Å². The van der Waals surface area contributed by atoms with Crippen LogP contribution in [0.3, 0.4) is 0 Å². The summed E-state index contributed by atoms with van der Waals surface area (Å²) in [4.78, 5) is 11.4. The summed E-state index contributed by atoms with van der Waals surface area (Å²) in [5.41, 5.74) is 5.22. The van der Waals surface area contributed by atoms with Crippen molar-refractivity contribution in [2.24, 2.45) is 5.73 Å². The molecule has 0 bridgehead atoms. The molecule has 6 nitrogen and oxygen atoms in total. The molecule has 5 N–H and O–H groups in total. The van der Waals surface area contributed by atoms with E-state index in [1.165, 1.54) is 0 Å². The van der Waals surface area contributed by atoms with Crippen molar-refractivity contribution < 1.29 is 9.53 Å². The highest BCUT2D eigenvalue weighted by Gasteiger charge is 2.18. The zero-order valence-electron chi connectivity index (χ0n) is 8.88. The first-order valence-electron chi connectivity index (χ1n) is 5.05. The van der Waals surface area contributed by atoms with Crippen LogP contribution in [0, 0.1) is 5.41 Å². The van der Waals surface area contributed by atoms with Crippen molar-refractivity contribution in [2.45, 2.75) is 31.8 Å². The summed E-state index contributed by atoms with van der Waals surface area (Å²) in [5.74, 6) is 0.0759. The molecule has 0 aliphatic carbocycles. The lowest BCUT2D eigenvalue weighted by Crippen LogP contribution is -2.46. The van der Waals surface area contributed by atoms with Crippen LogP contribution < -0.4 is 16.4 Å². The number of rotatable bonds is 4. The Morgan fingerprint density at radius 1 is 1.73 bits per heavy atom. The predicted molar refractivity (Wildman–Crippen MR) is 56.9 cm³/mol. The molecule has 1 aliphatic heterocycles. The van der Waals surface area contributed by atoms with Crippen molar-refractivity contribution in [3.05, 3.63) is 0 Å². The van der Waals surface area contributed by atoms with Gasteiger partial charge in [-0.1, -0.05) is 0 Å². The van der Waals surface area contributed by atoms with Crippen LogP contribution in [0.1, 0.15) is 19.8 Å². The molecule has 2 unspecified atom stereocenters. The first-order chi connectivity index (χ1) is 7.08. The number of carbonyl (C=O) groups excluding carboxylic acids is 1. The van der Waals surface area contributed by atoms with Gasteiger partial charge >= 0.3 is 6.03 Å². The van der Waals surface area contributed by atoms with Gasteiger partial charge in [0.15, 0.2) is 0 Å². The van der Waals surface area contributed by atoms with E-state index in [0.29, 0.717) is 19.6 Å². The van der Waals surface area contributed by atoms with Crippen LogP contribution in [-0.2, 0) is 4.74 Å². The lowest BCUT2D eigenvalue weighted by molar-refractivity contribution is 0.188. The van der Waals surface area contributed by atoms with Crippen LogP contribution >= 0.6 is 0 Å². The third-order valence-corrected chi connectivity index (χ3v) is 2.17. The van der Waals surface area contributed by atoms with Crippen molar-refractivity contribution >= 4 is 11.9 Å². The Morgan fingerprint density at radius 3 is 3.00 bits per heavy atom. The number of urea groups is 1. The van der Waals surface area contributed by atoms with Crippen molar-refractivity contribution in [3.8, 4) is 0 Å². The fraction of sp³-hybridized carbons (Fsp3) is 0.778. The van der Waals surface area contributed by atoms with Gasteiger partial charge in [-0.3, -0.25) is 5.41 Å². The lowest BCUT2D eigenvalue weighted by Gasteiger charge is -2.16. The maximum Gasteiger partial charge on any atom is 0.315 e. The van der Waals surface area contributed by atoms with Crippen molar-refractivity contribution in [2.75, 3.05) is 13.2 Å². The second-order valence-electron chi connectivity index (χ2n) is 3.81. The third-order valence-electron chi connectivity index (χ3n) is 2.17. The Labute approximate surface area is 89.1 Å². The Balaban J connectivity index is 2.19. The molecule has 1 fully saturated rings. The molecule has 0 aromatic rings. The van der Waals surface area contributed by atoms with Gasteiger partial charge in [0.1, 0.15) is 0 Å². The number of hydrogen-bond donors (Lipinski definition) is 4. The van der Waals surface area contributed by atoms with Crippen LogP contribution in [0.15, 0.2) is 0 Å². The normalized spacial score (nSPS) is 22.1. The maximum atomic E-state index is 11.4. The molecular weight excluding hydrogens is 196 g/mol. The summed E-state index contributed by atoms with van der Waals surface area (Å²) >= 11 is 0. The van der Waals surface area contributed by atoms with E-state index in [1.54, 1.807) is 0 Å². The summed E-state index contributed by atoms with van der Waals surface area (Å²) in [6.45, 7) is 3.09. The van der Waals surface area contributed by atoms with Gasteiger partial charge in [0.05, 0.1) is 18.5 Å². The highest BCUT2D eigenvalue weighted by molar-refractivity contribution is 5.79. The molecule has 0 aromatic carbocycles. The smallest absolute Gasteiger partial charge is 0.315 e. The zero-order valence-corrected chi connectivity index (χ0v) is 8.88. The number of nitrogens with one attached hydrogen (secondary N) is 3. The largest absolute Gasteiger partial charge is 0.388 e. The molecule has 0 radical (unpaired) electrons. The zero-order chi connectivity index (χ0) is 11.3. The molecule has 2 atom stereocenters. The van der Waals surface area contributed by atoms with Crippen molar-refractivity contribution in [3.63, 3.8) is 0 Å². The van der Waals surface area contributed by atoms with E-state index >= 15 is 0 Å². The Bertz CT molecular complexity index is 238. The molecule has 0 saturated carbocycles. The van der Waals surface area contributed by atoms with Crippen LogP contribution in [0.25, 0.3) is 0 Å². The van der Waals surface area contributed by atoms with Gasteiger partial charge in [0.25, 0.3) is 0 Å². The molecule has 1 saturated heterocycles. The quantitative estimate of drug-likeness (QED) is 0.385. The number of amidine groups is 1. The van der Waals surface area contributed by atoms with Gasteiger partial charge in [-0.15, -0.1) is 0 Å². The number of nitrogens with two attached hydrogens (primary N) is 1. The van der Waals surface area contributed by atoms with E-state index in [2.05, 4.69) is 10.6 Å². The second kappa shape index (κ2) is 5.55. The Kier molecular flexibility index (Phi) is 4.36. The van der Waals surface area contributed by atoms with E-state index in [1.807, 2.05) is 6.92 Å². The van der Waals surface area contributed by atoms with Crippen LogP contribution in [0.4, 0.5) is 4.79 Å². The number of hydrogen-bond acceptors (Lipinski definition) is 3. The minimum atomic E-state index is -0.223. The van der Waals surface area contributed by atoms with Crippen molar-refractivity contribution in [1.29, 1.82) is 5.41 Å². The topological polar surface area (TPSA) is 100 Å². The highest BCUT2D eigenvalue weighted by atomic mass is 16.5. The average Bonchev–Trinajstić information content (AvgIpc) is 2.53. The molecule has 1 heterocycles. The lowest BCUT2D eigenvalue weighted by atomic mass is 10.2. The van der Waals surface area contributed by atoms with Gasteiger partial charge in [-0.2, -0.15) is 0 Å². The van der Waals surface area contributed by atoms with Crippen molar-refractivity contribution in [1.82, 2.24) is 10.6 Å². The van der Waals surface area contributed by atoms with E-state index in [4.69, 9.17) is 15.9 Å². The minimum Gasteiger partial charge on any atom is -0.388 e. The average molecular weight is 214 g/mol. The first kappa shape index (κ1) is 11.8. The minimum absolute atomic E-state index is 0.0759. The molecule has 86 valence electrons. The van der Waals surface area contributed by atoms with Gasteiger partial charge in [-0.25, -0.2) is 4.79 Å². The standard InChI is InChI=1S/C9H18N4O2/c1-6(4-8(10)11)12-9(14)13-7-2-3-15-5-7/h6-7H,2-5H2,1H3,(H3,10,11)(H2,12,13,14). The van der Waals surface area contributed by atoms with Crippen LogP contribution in [0.5, 0.6) is 0 Å². The fourth-order valence-corrected chi connectivity index (χ4v) is 1.48. The number of amides is 2. The molecule has 6 heteroatoms. The summed E-state index contributed by atoms with van der Waals surface area (Å²) in [7, 11) is 0. The summed E-state index contributed by atoms with van der Waals surface area (Å²) in [6.07, 6.45) is 1.23. The highest BCUT2D eigenvalue weighted by Crippen LogP contribution is 2.02. The SMILES string of the molecule is CC(CC(=N)N)NC(=O)NC1CCOC1. The molecule has 1 aliphatic rings. The van der Waals surface area contributed by atoms with Gasteiger partial charge in [0.2, 0.25) is 0 Å². The summed E-state index contributed by atoms with van der Waals surface area (Å²) in [6, 6.07) is -0.237. The Hall–Kier alpha value is -1.30. The number of ether oxygens (including phenoxy) is 1. The molecule has 0 spiro atoms. The fourth-order valence-electron chi connectivity index (χ4n) is 1.48. The molecule has 15 heavy (non-hydrogen) atoms. The van der Waals surface area contributed by atoms with E-state index < -0.39 is 0 Å². The molecule has 0 aromatic heterocycles. The van der Waals surface area contributed by atoms with E-state index in [-0.39, 0.29) is 24.0 Å². The molecule has 1 rings (SSSR count). The Morgan fingerprint density at radius 2 is 2.47 bits per heavy atom. The van der Waals surface area contributed by atoms with E-state index in [9.17, 15) is 4.79 Å². The molecule has 2 amide bonds.